The normalized spacial score (nSPS) is 16.7. The van der Waals surface area contributed by atoms with Crippen molar-refractivity contribution in [1.82, 2.24) is 13.7 Å². The predicted molar refractivity (Wildman–Crippen MR) is 304 cm³/mol. The molecule has 12 rings (SSSR count). The van der Waals surface area contributed by atoms with E-state index in [4.69, 9.17) is 0 Å². The number of aromatic nitrogens is 3. The SMILES string of the molecule is Cc1c(C(C)C2=CS(=O)(=O)c3ccccc32)c2cc(F)ccc2n1CC(=O)O.Cc1c(Cc2ccc3c(c2)C(F)C(F)(F)S3(=O)=O)c2cc(F)ccc2n1CC(=O)O.Cc1c(Cc2ccc3c(c2)C=CS3(=O)=O)c2cc(F)ccc2n1CC(=O)O. The van der Waals surface area contributed by atoms with E-state index in [9.17, 15) is 81.3 Å². The van der Waals surface area contributed by atoms with Crippen molar-refractivity contribution in [3.8, 4) is 0 Å². The van der Waals surface area contributed by atoms with Gasteiger partial charge in [0.1, 0.15) is 37.1 Å². The molecule has 24 heteroatoms. The van der Waals surface area contributed by atoms with Crippen molar-refractivity contribution in [2.75, 3.05) is 0 Å². The summed E-state index contributed by atoms with van der Waals surface area (Å²) in [5, 5.41) is 27.3. The van der Waals surface area contributed by atoms with Gasteiger partial charge in [-0.3, -0.25) is 14.4 Å². The number of fused-ring (bicyclic) bond motifs is 6. The number of aliphatic carboxylic acids is 3. The predicted octanol–water partition coefficient (Wildman–Crippen LogP) is 11.8. The number of hydrogen-bond acceptors (Lipinski definition) is 9. The van der Waals surface area contributed by atoms with Gasteiger partial charge in [0, 0.05) is 72.1 Å². The van der Waals surface area contributed by atoms with E-state index in [2.05, 4.69) is 0 Å². The molecule has 9 aromatic rings. The van der Waals surface area contributed by atoms with Crippen LogP contribution in [0.2, 0.25) is 0 Å². The maximum Gasteiger partial charge on any atom is 0.384 e. The van der Waals surface area contributed by atoms with Crippen molar-refractivity contribution < 1.29 is 81.3 Å². The van der Waals surface area contributed by atoms with E-state index >= 15 is 0 Å². The fourth-order valence-electron chi connectivity index (χ4n) is 11.6. The molecule has 0 saturated heterocycles. The van der Waals surface area contributed by atoms with Gasteiger partial charge in [-0.15, -0.1) is 0 Å². The van der Waals surface area contributed by atoms with Gasteiger partial charge in [-0.25, -0.2) is 42.8 Å². The standard InChI is InChI=1S/C21H18FNO4S.C20H15F4NO4S.C20H16FNO4S/c1-12(17-11-28(26,27)19-6-4-3-5-15(17)19)21-13(2)23(10-20(24)25)18-8-7-14(22)9-16(18)21;1-10-13(14-8-12(21)3-4-16(14)25(10)9-18(26)27)6-11-2-5-17-15(7-11)19(22)20(23,24)30(17,28)29;1-12-16(9-13-2-5-19-14(8-13)6-7-27(19,25)26)17-10-15(21)3-4-18(17)22(12)11-20(23)24/h3-9,11-12H,10H2,1-2H3,(H,24,25);2-5,7-8,19H,6,9H2,1H3,(H,26,27);2-8,10H,9,11H2,1H3,(H,23,24). The largest absolute Gasteiger partial charge is 0.480 e. The van der Waals surface area contributed by atoms with Crippen LogP contribution in [0.1, 0.15) is 80.6 Å². The Balaban J connectivity index is 0.000000142. The van der Waals surface area contributed by atoms with Crippen LogP contribution in [0.15, 0.2) is 141 Å². The maximum absolute atomic E-state index is 14.2. The van der Waals surface area contributed by atoms with E-state index in [0.29, 0.717) is 78.3 Å². The second kappa shape index (κ2) is 21.7. The molecule has 0 aliphatic carbocycles. The molecule has 0 radical (unpaired) electrons. The van der Waals surface area contributed by atoms with Crippen LogP contribution < -0.4 is 0 Å². The summed E-state index contributed by atoms with van der Waals surface area (Å²) in [5.74, 6) is -4.80. The highest BCUT2D eigenvalue weighted by molar-refractivity contribution is 7.95. The van der Waals surface area contributed by atoms with Crippen molar-refractivity contribution in [2.24, 2.45) is 0 Å². The summed E-state index contributed by atoms with van der Waals surface area (Å²) >= 11 is 0. The molecule has 15 nitrogen and oxygen atoms in total. The molecule has 2 atom stereocenters. The molecule has 0 amide bonds. The summed E-state index contributed by atoms with van der Waals surface area (Å²) in [7, 11) is -12.0. The second-order valence-corrected chi connectivity index (χ2v) is 26.3. The van der Waals surface area contributed by atoms with E-state index in [-0.39, 0.29) is 47.6 Å². The minimum absolute atomic E-state index is 0.0457. The van der Waals surface area contributed by atoms with Gasteiger partial charge in [0.2, 0.25) is 25.8 Å². The summed E-state index contributed by atoms with van der Waals surface area (Å²) < 4.78 is 161. The Morgan fingerprint density at radius 1 is 0.565 bits per heavy atom. The molecule has 6 aromatic carbocycles. The van der Waals surface area contributed by atoms with Crippen LogP contribution in [0.3, 0.4) is 0 Å². The van der Waals surface area contributed by atoms with Gasteiger partial charge in [0.15, 0.2) is 9.84 Å². The fourth-order valence-corrected chi connectivity index (χ4v) is 15.8. The number of nitrogens with zero attached hydrogens (tertiary/aromatic N) is 3. The number of allylic oxidation sites excluding steroid dienone is 1. The van der Waals surface area contributed by atoms with Gasteiger partial charge >= 0.3 is 23.2 Å². The molecule has 440 valence electrons. The Bertz CT molecular complexity index is 4770. The molecule has 6 heterocycles. The highest BCUT2D eigenvalue weighted by Crippen LogP contribution is 2.52. The van der Waals surface area contributed by atoms with Crippen LogP contribution in [0.5, 0.6) is 0 Å². The number of hydrogen-bond donors (Lipinski definition) is 3. The van der Waals surface area contributed by atoms with E-state index in [0.717, 1.165) is 34.5 Å². The molecule has 0 spiro atoms. The fraction of sp³-hybridized carbons (Fsp3) is 0.197. The zero-order valence-corrected chi connectivity index (χ0v) is 47.7. The lowest BCUT2D eigenvalue weighted by molar-refractivity contribution is -0.138. The van der Waals surface area contributed by atoms with E-state index in [1.807, 2.05) is 13.8 Å². The van der Waals surface area contributed by atoms with Gasteiger partial charge in [-0.2, -0.15) is 8.78 Å². The minimum Gasteiger partial charge on any atom is -0.480 e. The number of benzene rings is 6. The Morgan fingerprint density at radius 3 is 1.54 bits per heavy atom. The van der Waals surface area contributed by atoms with Crippen LogP contribution >= 0.6 is 0 Å². The average molecular weight is 1230 g/mol. The van der Waals surface area contributed by atoms with Gasteiger partial charge in [0.25, 0.3) is 0 Å². The zero-order chi connectivity index (χ0) is 61.6. The monoisotopic (exact) mass is 1230 g/mol. The molecular weight excluding hydrogens is 1180 g/mol. The summed E-state index contributed by atoms with van der Waals surface area (Å²) in [5.41, 5.74) is 8.27. The Kier molecular flexibility index (Phi) is 15.2. The number of carboxylic acid groups (broad SMARTS) is 3. The van der Waals surface area contributed by atoms with Crippen LogP contribution in [0, 0.1) is 38.2 Å². The van der Waals surface area contributed by atoms with E-state index in [1.54, 1.807) is 83.7 Å². The smallest absolute Gasteiger partial charge is 0.384 e. The third-order valence-corrected chi connectivity index (χ3v) is 20.5. The molecule has 3 aliphatic heterocycles. The summed E-state index contributed by atoms with van der Waals surface area (Å²) in [6, 6.07) is 27.6. The first kappa shape index (κ1) is 59.4. The van der Waals surface area contributed by atoms with E-state index in [1.165, 1.54) is 63.9 Å². The third kappa shape index (κ3) is 10.6. The molecule has 3 aromatic heterocycles. The average Bonchev–Trinajstić information content (AvgIpc) is 2.16. The van der Waals surface area contributed by atoms with Gasteiger partial charge < -0.3 is 29.0 Å². The number of alkyl halides is 3. The molecule has 3 aliphatic rings. The first-order chi connectivity index (χ1) is 39.9. The van der Waals surface area contributed by atoms with Gasteiger partial charge in [0.05, 0.1) is 14.7 Å². The van der Waals surface area contributed by atoms with Crippen LogP contribution in [-0.4, -0.2) is 77.4 Å². The molecule has 0 bridgehead atoms. The van der Waals surface area contributed by atoms with Crippen molar-refractivity contribution in [3.63, 3.8) is 0 Å². The summed E-state index contributed by atoms with van der Waals surface area (Å²) in [6.07, 6.45) is -0.929. The Morgan fingerprint density at radius 2 is 1.02 bits per heavy atom. The lowest BCUT2D eigenvalue weighted by Gasteiger charge is -2.15. The highest BCUT2D eigenvalue weighted by Gasteiger charge is 2.61. The Hall–Kier alpha value is -8.74. The number of rotatable bonds is 12. The van der Waals surface area contributed by atoms with Crippen LogP contribution in [0.25, 0.3) is 44.4 Å². The Labute approximate surface area is 481 Å². The van der Waals surface area contributed by atoms with Crippen molar-refractivity contribution >= 4 is 91.8 Å². The lowest BCUT2D eigenvalue weighted by Crippen LogP contribution is -2.26. The number of carbonyl (C=O) groups is 3. The van der Waals surface area contributed by atoms with Gasteiger partial charge in [-0.05, 0) is 157 Å². The molecule has 2 unspecified atom stereocenters. The molecule has 0 saturated carbocycles. The highest BCUT2D eigenvalue weighted by atomic mass is 32.2. The number of sulfone groups is 3. The molecular formula is C61H49F6N3O12S3. The molecule has 85 heavy (non-hydrogen) atoms. The van der Waals surface area contributed by atoms with Crippen molar-refractivity contribution in [2.45, 2.75) is 92.2 Å². The van der Waals surface area contributed by atoms with Crippen molar-refractivity contribution in [1.29, 1.82) is 0 Å². The summed E-state index contributed by atoms with van der Waals surface area (Å²) in [6.45, 7) is 6.26. The second-order valence-electron chi connectivity index (χ2n) is 20.8. The first-order valence-electron chi connectivity index (χ1n) is 25.9. The van der Waals surface area contributed by atoms with E-state index < -0.39 is 80.9 Å². The number of carboxylic acids is 3. The minimum atomic E-state index is -5.11. The molecule has 0 fully saturated rings. The quantitative estimate of drug-likeness (QED) is 0.0970. The first-order valence-corrected chi connectivity index (χ1v) is 30.5. The zero-order valence-electron chi connectivity index (χ0n) is 45.2. The van der Waals surface area contributed by atoms with Crippen molar-refractivity contribution in [3.05, 3.63) is 205 Å². The van der Waals surface area contributed by atoms with Gasteiger partial charge in [-0.1, -0.05) is 49.4 Å². The summed E-state index contributed by atoms with van der Waals surface area (Å²) in [4.78, 5) is 33.6. The maximum atomic E-state index is 14.2. The van der Waals surface area contributed by atoms with Crippen LogP contribution in [-0.2, 0) is 76.4 Å². The molecule has 3 N–H and O–H groups in total. The lowest BCUT2D eigenvalue weighted by atomic mass is 9.87. The topological polar surface area (TPSA) is 229 Å². The number of halogens is 6. The third-order valence-electron chi connectivity index (χ3n) is 15.6. The van der Waals surface area contributed by atoms with Crippen LogP contribution in [0.4, 0.5) is 26.3 Å².